The monoisotopic (exact) mass is 439 g/mol. The molecular weight excluding hydrogens is 429 g/mol. The minimum absolute atomic E-state index is 0.0931. The lowest BCUT2D eigenvalue weighted by atomic mass is 10.1. The predicted molar refractivity (Wildman–Crippen MR) is 82.7 cm³/mol. The lowest BCUT2D eigenvalue weighted by Crippen LogP contribution is -2.43. The normalized spacial score (nSPS) is 18.3. The number of carbonyl (C=O) groups excluding carboxylic acids is 1. The maximum absolute atomic E-state index is 13.8. The Morgan fingerprint density at radius 3 is 2.65 bits per heavy atom. The van der Waals surface area contributed by atoms with Gasteiger partial charge in [0.05, 0.1) is 21.4 Å². The Balaban J connectivity index is 2.02. The van der Waals surface area contributed by atoms with Crippen LogP contribution in [0, 0.1) is 9.39 Å². The minimum Gasteiger partial charge on any atom is -0.305 e. The fourth-order valence-electron chi connectivity index (χ4n) is 2.55. The number of hydrogen-bond acceptors (Lipinski definition) is 2. The molecular formula is C14H10F4IN3O. The number of benzene rings is 1. The highest BCUT2D eigenvalue weighted by atomic mass is 127. The van der Waals surface area contributed by atoms with E-state index in [1.54, 1.807) is 10.9 Å². The Bertz CT molecular complexity index is 787. The van der Waals surface area contributed by atoms with Crippen molar-refractivity contribution in [3.8, 4) is 0 Å². The van der Waals surface area contributed by atoms with E-state index in [0.29, 0.717) is 15.3 Å². The van der Waals surface area contributed by atoms with Crippen molar-refractivity contribution in [3.63, 3.8) is 0 Å². The number of aromatic nitrogens is 2. The molecule has 2 heterocycles. The topological polar surface area (TPSA) is 38.1 Å². The standard InChI is InChI=1S/C14H10F4IN3O/c1-7-6-21(13(23)12-11(19)5-20-22(7)12)8-2-3-9(10(15)4-8)14(16,17)18/h2-5,7H,6H2,1H3/t7-/m0/s1. The van der Waals surface area contributed by atoms with Crippen LogP contribution in [0.2, 0.25) is 0 Å². The van der Waals surface area contributed by atoms with Crippen molar-refractivity contribution < 1.29 is 22.4 Å². The molecule has 0 fully saturated rings. The van der Waals surface area contributed by atoms with Crippen LogP contribution in [0.5, 0.6) is 0 Å². The summed E-state index contributed by atoms with van der Waals surface area (Å²) < 4.78 is 53.9. The zero-order valence-corrected chi connectivity index (χ0v) is 13.9. The summed E-state index contributed by atoms with van der Waals surface area (Å²) >= 11 is 1.96. The number of nitrogens with zero attached hydrogens (tertiary/aromatic N) is 3. The Morgan fingerprint density at radius 2 is 2.04 bits per heavy atom. The highest BCUT2D eigenvalue weighted by Crippen LogP contribution is 2.34. The summed E-state index contributed by atoms with van der Waals surface area (Å²) in [4.78, 5) is 13.8. The highest BCUT2D eigenvalue weighted by molar-refractivity contribution is 14.1. The molecule has 0 aliphatic carbocycles. The van der Waals surface area contributed by atoms with E-state index in [1.807, 2.05) is 29.5 Å². The number of alkyl halides is 3. The van der Waals surface area contributed by atoms with Gasteiger partial charge in [0.25, 0.3) is 5.91 Å². The lowest BCUT2D eigenvalue weighted by molar-refractivity contribution is -0.139. The summed E-state index contributed by atoms with van der Waals surface area (Å²) in [7, 11) is 0. The molecule has 23 heavy (non-hydrogen) atoms. The molecule has 1 aliphatic rings. The fraction of sp³-hybridized carbons (Fsp3) is 0.286. The van der Waals surface area contributed by atoms with Crippen molar-refractivity contribution in [2.45, 2.75) is 19.1 Å². The van der Waals surface area contributed by atoms with E-state index in [2.05, 4.69) is 5.10 Å². The summed E-state index contributed by atoms with van der Waals surface area (Å²) in [6, 6.07) is 2.33. The molecule has 1 aromatic carbocycles. The van der Waals surface area contributed by atoms with Crippen LogP contribution in [0.1, 0.15) is 29.0 Å². The minimum atomic E-state index is -4.77. The Labute approximate surface area is 142 Å². The fourth-order valence-corrected chi connectivity index (χ4v) is 3.15. The third-order valence-corrected chi connectivity index (χ3v) is 4.42. The van der Waals surface area contributed by atoms with E-state index in [0.717, 1.165) is 12.1 Å². The third kappa shape index (κ3) is 2.70. The first kappa shape index (κ1) is 16.2. The van der Waals surface area contributed by atoms with Crippen LogP contribution >= 0.6 is 22.6 Å². The van der Waals surface area contributed by atoms with Crippen molar-refractivity contribution in [2.75, 3.05) is 11.4 Å². The van der Waals surface area contributed by atoms with E-state index in [4.69, 9.17) is 0 Å². The van der Waals surface area contributed by atoms with E-state index < -0.39 is 23.5 Å². The molecule has 0 radical (unpaired) electrons. The van der Waals surface area contributed by atoms with Gasteiger partial charge in [-0.25, -0.2) is 4.39 Å². The molecule has 1 aliphatic heterocycles. The van der Waals surface area contributed by atoms with Crippen molar-refractivity contribution in [2.24, 2.45) is 0 Å². The zero-order valence-electron chi connectivity index (χ0n) is 11.7. The second kappa shape index (κ2) is 5.46. The first-order chi connectivity index (χ1) is 10.7. The molecule has 1 atom stereocenters. The van der Waals surface area contributed by atoms with Crippen molar-refractivity contribution in [1.29, 1.82) is 0 Å². The van der Waals surface area contributed by atoms with Crippen LogP contribution in [0.3, 0.4) is 0 Å². The number of halogens is 5. The molecule has 1 aromatic heterocycles. The summed E-state index contributed by atoms with van der Waals surface area (Å²) in [6.07, 6.45) is -3.23. The summed E-state index contributed by atoms with van der Waals surface area (Å²) in [5, 5.41) is 4.12. The summed E-state index contributed by atoms with van der Waals surface area (Å²) in [6.45, 7) is 2.03. The van der Waals surface area contributed by atoms with Crippen LogP contribution in [-0.2, 0) is 6.18 Å². The molecule has 0 spiro atoms. The molecule has 0 bridgehead atoms. The summed E-state index contributed by atoms with van der Waals surface area (Å²) in [5.74, 6) is -1.81. The smallest absolute Gasteiger partial charge is 0.305 e. The van der Waals surface area contributed by atoms with Crippen molar-refractivity contribution in [1.82, 2.24) is 9.78 Å². The highest BCUT2D eigenvalue weighted by Gasteiger charge is 2.36. The van der Waals surface area contributed by atoms with E-state index >= 15 is 0 Å². The van der Waals surface area contributed by atoms with Crippen molar-refractivity contribution in [3.05, 3.63) is 45.0 Å². The quantitative estimate of drug-likeness (QED) is 0.500. The predicted octanol–water partition coefficient (Wildman–Crippen LogP) is 3.87. The van der Waals surface area contributed by atoms with Gasteiger partial charge in [-0.2, -0.15) is 18.3 Å². The molecule has 9 heteroatoms. The molecule has 4 nitrogen and oxygen atoms in total. The molecule has 3 rings (SSSR count). The SMILES string of the molecule is C[C@H]1CN(c2ccc(C(F)(F)F)c(F)c2)C(=O)c2c(I)cnn21. The number of hydrogen-bond donors (Lipinski definition) is 0. The van der Waals surface area contributed by atoms with Gasteiger partial charge in [0.2, 0.25) is 0 Å². The van der Waals surface area contributed by atoms with Crippen LogP contribution in [0.4, 0.5) is 23.2 Å². The van der Waals surface area contributed by atoms with Gasteiger partial charge < -0.3 is 4.90 Å². The van der Waals surface area contributed by atoms with Gasteiger partial charge in [-0.3, -0.25) is 9.48 Å². The molecule has 1 amide bonds. The average molecular weight is 439 g/mol. The molecule has 122 valence electrons. The van der Waals surface area contributed by atoms with Gasteiger partial charge in [0.15, 0.2) is 0 Å². The third-order valence-electron chi connectivity index (χ3n) is 3.63. The zero-order chi connectivity index (χ0) is 16.9. The molecule has 0 saturated carbocycles. The maximum Gasteiger partial charge on any atom is 0.419 e. The van der Waals surface area contributed by atoms with Crippen LogP contribution in [-0.4, -0.2) is 22.2 Å². The Hall–Kier alpha value is -1.65. The molecule has 0 N–H and O–H groups in total. The van der Waals surface area contributed by atoms with Gasteiger partial charge >= 0.3 is 6.18 Å². The Kier molecular flexibility index (Phi) is 3.85. The van der Waals surface area contributed by atoms with Gasteiger partial charge in [-0.15, -0.1) is 0 Å². The second-order valence-electron chi connectivity index (χ2n) is 5.21. The largest absolute Gasteiger partial charge is 0.419 e. The Morgan fingerprint density at radius 1 is 1.35 bits per heavy atom. The first-order valence-corrected chi connectivity index (χ1v) is 7.69. The average Bonchev–Trinajstić information content (AvgIpc) is 2.84. The number of carbonyl (C=O) groups is 1. The van der Waals surface area contributed by atoms with E-state index in [9.17, 15) is 22.4 Å². The molecule has 0 unspecified atom stereocenters. The van der Waals surface area contributed by atoms with E-state index in [-0.39, 0.29) is 18.3 Å². The number of fused-ring (bicyclic) bond motifs is 1. The van der Waals surface area contributed by atoms with Gasteiger partial charge in [0, 0.05) is 12.2 Å². The van der Waals surface area contributed by atoms with Gasteiger partial charge in [-0.05, 0) is 47.7 Å². The molecule has 2 aromatic rings. The molecule has 0 saturated heterocycles. The van der Waals surface area contributed by atoms with Crippen LogP contribution in [0.15, 0.2) is 24.4 Å². The maximum atomic E-state index is 13.8. The van der Waals surface area contributed by atoms with Crippen molar-refractivity contribution >= 4 is 34.2 Å². The van der Waals surface area contributed by atoms with Crippen LogP contribution in [0.25, 0.3) is 0 Å². The van der Waals surface area contributed by atoms with Gasteiger partial charge in [0.1, 0.15) is 11.5 Å². The number of anilines is 1. The number of rotatable bonds is 1. The first-order valence-electron chi connectivity index (χ1n) is 6.61. The van der Waals surface area contributed by atoms with E-state index in [1.165, 1.54) is 4.90 Å². The summed E-state index contributed by atoms with van der Waals surface area (Å²) in [5.41, 5.74) is -0.904. The van der Waals surface area contributed by atoms with Gasteiger partial charge in [-0.1, -0.05) is 0 Å². The number of amides is 1. The second-order valence-corrected chi connectivity index (χ2v) is 6.37. The van der Waals surface area contributed by atoms with Crippen LogP contribution < -0.4 is 4.90 Å². The lowest BCUT2D eigenvalue weighted by Gasteiger charge is -2.32.